The van der Waals surface area contributed by atoms with Crippen LogP contribution in [0.3, 0.4) is 0 Å². The molecule has 0 aliphatic rings. The third-order valence-electron chi connectivity index (χ3n) is 2.60. The first-order valence-electron chi connectivity index (χ1n) is 5.34. The Kier molecular flexibility index (Phi) is 3.30. The van der Waals surface area contributed by atoms with Gasteiger partial charge in [-0.3, -0.25) is 0 Å². The lowest BCUT2D eigenvalue weighted by atomic mass is 9.97. The van der Waals surface area contributed by atoms with Crippen molar-refractivity contribution >= 4 is 0 Å². The maximum Gasteiger partial charge on any atom is 0.417 e. The molecular formula is C14H8F5. The summed E-state index contributed by atoms with van der Waals surface area (Å²) in [5.74, 6) is -2.07. The Morgan fingerprint density at radius 3 is 2.16 bits per heavy atom. The molecule has 0 bridgehead atoms. The van der Waals surface area contributed by atoms with E-state index in [0.29, 0.717) is 5.56 Å². The molecule has 0 amide bonds. The fourth-order valence-corrected chi connectivity index (χ4v) is 1.82. The number of aryl methyl sites for hydroxylation is 1. The van der Waals surface area contributed by atoms with E-state index in [1.807, 2.05) is 0 Å². The first-order valence-corrected chi connectivity index (χ1v) is 5.34. The number of alkyl halides is 3. The molecule has 0 aliphatic carbocycles. The fourth-order valence-electron chi connectivity index (χ4n) is 1.82. The highest BCUT2D eigenvalue weighted by Crippen LogP contribution is 2.38. The predicted octanol–water partition coefficient (Wildman–Crippen LogP) is 4.76. The number of benzene rings is 2. The van der Waals surface area contributed by atoms with Gasteiger partial charge in [-0.25, -0.2) is 8.78 Å². The molecule has 2 aromatic carbocycles. The molecule has 5 heteroatoms. The van der Waals surface area contributed by atoms with E-state index in [4.69, 9.17) is 0 Å². The van der Waals surface area contributed by atoms with Crippen LogP contribution in [0.15, 0.2) is 30.3 Å². The second-order valence-electron chi connectivity index (χ2n) is 4.06. The van der Waals surface area contributed by atoms with Crippen LogP contribution in [0.4, 0.5) is 22.0 Å². The summed E-state index contributed by atoms with van der Waals surface area (Å²) in [6.07, 6.45) is -4.70. The molecule has 0 unspecified atom stereocenters. The molecule has 2 rings (SSSR count). The van der Waals surface area contributed by atoms with E-state index >= 15 is 0 Å². The lowest BCUT2D eigenvalue weighted by Crippen LogP contribution is -2.08. The van der Waals surface area contributed by atoms with Crippen molar-refractivity contribution in [1.82, 2.24) is 0 Å². The van der Waals surface area contributed by atoms with Gasteiger partial charge in [-0.15, -0.1) is 0 Å². The second-order valence-corrected chi connectivity index (χ2v) is 4.06. The summed E-state index contributed by atoms with van der Waals surface area (Å²) in [5.41, 5.74) is -2.15. The largest absolute Gasteiger partial charge is 0.417 e. The summed E-state index contributed by atoms with van der Waals surface area (Å²) in [7, 11) is 0. The van der Waals surface area contributed by atoms with Gasteiger partial charge in [-0.1, -0.05) is 12.1 Å². The van der Waals surface area contributed by atoms with E-state index in [0.717, 1.165) is 24.3 Å². The van der Waals surface area contributed by atoms with Crippen molar-refractivity contribution < 1.29 is 22.0 Å². The Morgan fingerprint density at radius 2 is 1.63 bits per heavy atom. The minimum atomic E-state index is -4.70. The molecule has 0 N–H and O–H groups in total. The molecule has 99 valence electrons. The molecule has 0 spiro atoms. The van der Waals surface area contributed by atoms with Crippen LogP contribution in [0.5, 0.6) is 0 Å². The number of rotatable bonds is 1. The molecule has 0 fully saturated rings. The summed E-state index contributed by atoms with van der Waals surface area (Å²) in [5, 5.41) is 0. The van der Waals surface area contributed by atoms with Gasteiger partial charge in [-0.05, 0) is 36.8 Å². The van der Waals surface area contributed by atoms with E-state index in [9.17, 15) is 22.0 Å². The van der Waals surface area contributed by atoms with Gasteiger partial charge in [0.25, 0.3) is 0 Å². The molecule has 2 aromatic rings. The first-order chi connectivity index (χ1) is 8.80. The van der Waals surface area contributed by atoms with Gasteiger partial charge in [-0.2, -0.15) is 13.2 Å². The maximum absolute atomic E-state index is 13.7. The summed E-state index contributed by atoms with van der Waals surface area (Å²) in [6.45, 7) is 1.45. The molecule has 19 heavy (non-hydrogen) atoms. The van der Waals surface area contributed by atoms with E-state index in [1.165, 1.54) is 13.0 Å². The van der Waals surface area contributed by atoms with Gasteiger partial charge in [0.2, 0.25) is 0 Å². The lowest BCUT2D eigenvalue weighted by molar-refractivity contribution is -0.137. The highest BCUT2D eigenvalue weighted by atomic mass is 19.4. The maximum atomic E-state index is 13.7. The average Bonchev–Trinajstić information content (AvgIpc) is 2.26. The van der Waals surface area contributed by atoms with Crippen molar-refractivity contribution in [3.8, 4) is 11.1 Å². The van der Waals surface area contributed by atoms with Crippen LogP contribution in [-0.2, 0) is 6.18 Å². The molecule has 0 aliphatic heterocycles. The summed E-state index contributed by atoms with van der Waals surface area (Å²) < 4.78 is 65.9. The molecule has 0 saturated heterocycles. The Hall–Kier alpha value is -1.91. The zero-order chi connectivity index (χ0) is 14.2. The van der Waals surface area contributed by atoms with Gasteiger partial charge in [0.15, 0.2) is 0 Å². The molecule has 0 atom stereocenters. The Morgan fingerprint density at radius 1 is 1.05 bits per heavy atom. The molecule has 0 aromatic heterocycles. The van der Waals surface area contributed by atoms with Crippen LogP contribution < -0.4 is 0 Å². The standard InChI is InChI=1S/C14H8F5/c1-8-6-11(15)13(12(16)7-8)9-4-2-3-5-10(9)14(17,18)19/h2-3,5-7H,1H3. The molecule has 1 radical (unpaired) electrons. The van der Waals surface area contributed by atoms with Crippen molar-refractivity contribution in [3.05, 3.63) is 59.2 Å². The van der Waals surface area contributed by atoms with Crippen LogP contribution in [-0.4, -0.2) is 0 Å². The Labute approximate surface area is 106 Å². The van der Waals surface area contributed by atoms with E-state index < -0.39 is 34.5 Å². The third kappa shape index (κ3) is 2.59. The number of hydrogen-bond acceptors (Lipinski definition) is 0. The summed E-state index contributed by atoms with van der Waals surface area (Å²) >= 11 is 0. The monoisotopic (exact) mass is 271 g/mol. The van der Waals surface area contributed by atoms with E-state index in [2.05, 4.69) is 6.07 Å². The van der Waals surface area contributed by atoms with Crippen LogP contribution in [0, 0.1) is 24.6 Å². The van der Waals surface area contributed by atoms with Gasteiger partial charge >= 0.3 is 6.18 Å². The normalized spacial score (nSPS) is 11.7. The molecular weight excluding hydrogens is 263 g/mol. The Balaban J connectivity index is 2.74. The second kappa shape index (κ2) is 4.64. The minimum Gasteiger partial charge on any atom is -0.206 e. The highest BCUT2D eigenvalue weighted by molar-refractivity contribution is 5.69. The fraction of sp³-hybridized carbons (Fsp3) is 0.143. The van der Waals surface area contributed by atoms with Crippen molar-refractivity contribution in [2.45, 2.75) is 13.1 Å². The number of hydrogen-bond donors (Lipinski definition) is 0. The summed E-state index contributed by atoms with van der Waals surface area (Å²) in [6, 6.07) is 7.31. The van der Waals surface area contributed by atoms with Crippen LogP contribution in [0.2, 0.25) is 0 Å². The van der Waals surface area contributed by atoms with Crippen molar-refractivity contribution in [2.24, 2.45) is 0 Å². The minimum absolute atomic E-state index is 0.295. The molecule has 0 saturated carbocycles. The molecule has 0 nitrogen and oxygen atoms in total. The van der Waals surface area contributed by atoms with Gasteiger partial charge in [0.1, 0.15) is 11.6 Å². The zero-order valence-corrected chi connectivity index (χ0v) is 9.78. The zero-order valence-electron chi connectivity index (χ0n) is 9.78. The van der Waals surface area contributed by atoms with Crippen LogP contribution >= 0.6 is 0 Å². The lowest BCUT2D eigenvalue weighted by Gasteiger charge is -2.14. The predicted molar refractivity (Wildman–Crippen MR) is 60.4 cm³/mol. The average molecular weight is 271 g/mol. The smallest absolute Gasteiger partial charge is 0.206 e. The summed E-state index contributed by atoms with van der Waals surface area (Å²) in [4.78, 5) is 0. The third-order valence-corrected chi connectivity index (χ3v) is 2.60. The van der Waals surface area contributed by atoms with Crippen molar-refractivity contribution in [3.63, 3.8) is 0 Å². The van der Waals surface area contributed by atoms with Gasteiger partial charge in [0.05, 0.1) is 11.1 Å². The molecule has 0 heterocycles. The van der Waals surface area contributed by atoms with E-state index in [1.54, 1.807) is 0 Å². The van der Waals surface area contributed by atoms with Crippen LogP contribution in [0.1, 0.15) is 11.1 Å². The van der Waals surface area contributed by atoms with E-state index in [-0.39, 0.29) is 0 Å². The Bertz CT molecular complexity index is 590. The topological polar surface area (TPSA) is 0 Å². The van der Waals surface area contributed by atoms with Crippen molar-refractivity contribution in [1.29, 1.82) is 0 Å². The highest BCUT2D eigenvalue weighted by Gasteiger charge is 2.34. The number of halogens is 5. The SMILES string of the molecule is Cc1cc(F)c(-c2[c]cccc2C(F)(F)F)c(F)c1. The quantitative estimate of drug-likeness (QED) is 0.656. The van der Waals surface area contributed by atoms with Gasteiger partial charge in [0, 0.05) is 5.56 Å². The van der Waals surface area contributed by atoms with Crippen LogP contribution in [0.25, 0.3) is 11.1 Å². The first kappa shape index (κ1) is 13.5. The van der Waals surface area contributed by atoms with Gasteiger partial charge < -0.3 is 0 Å². The van der Waals surface area contributed by atoms with Crippen molar-refractivity contribution in [2.75, 3.05) is 0 Å².